The van der Waals surface area contributed by atoms with Gasteiger partial charge in [0, 0.05) is 5.69 Å². The van der Waals surface area contributed by atoms with Gasteiger partial charge < -0.3 is 20.8 Å². The number of carbonyl (C=O) groups is 3. The monoisotopic (exact) mass is 594 g/mol. The van der Waals surface area contributed by atoms with Gasteiger partial charge >= 0.3 is 0 Å². The molecule has 1 aliphatic carbocycles. The quantitative estimate of drug-likeness (QED) is 0.210. The number of hydrogen-bond donors (Lipinski definition) is 3. The number of hydrogen-bond acceptors (Lipinski definition) is 7. The Balaban J connectivity index is 1.12. The summed E-state index contributed by atoms with van der Waals surface area (Å²) < 4.78 is 0.932. The van der Waals surface area contributed by atoms with E-state index >= 15 is 0 Å². The van der Waals surface area contributed by atoms with Gasteiger partial charge in [0.15, 0.2) is 5.01 Å². The van der Waals surface area contributed by atoms with Crippen molar-refractivity contribution in [3.05, 3.63) is 82.4 Å². The fourth-order valence-electron chi connectivity index (χ4n) is 7.33. The Labute approximate surface area is 254 Å². The number of ketones is 1. The van der Waals surface area contributed by atoms with Gasteiger partial charge in [0.05, 0.1) is 33.5 Å². The van der Waals surface area contributed by atoms with Crippen molar-refractivity contribution in [2.24, 2.45) is 11.7 Å². The normalized spacial score (nSPS) is 22.6. The number of Topliss-reactive ketones (excluding diaryl/α,β-unsaturated/α-hetero) is 1. The molecule has 0 saturated carbocycles. The summed E-state index contributed by atoms with van der Waals surface area (Å²) in [5.74, 6) is 0.406. The highest BCUT2D eigenvalue weighted by atomic mass is 32.1. The van der Waals surface area contributed by atoms with Gasteiger partial charge in [-0.05, 0) is 69.1 Å². The van der Waals surface area contributed by atoms with Crippen molar-refractivity contribution in [3.8, 4) is 0 Å². The Bertz CT molecular complexity index is 1650. The van der Waals surface area contributed by atoms with Crippen molar-refractivity contribution in [1.82, 2.24) is 25.1 Å². The van der Waals surface area contributed by atoms with Crippen molar-refractivity contribution in [3.63, 3.8) is 0 Å². The van der Waals surface area contributed by atoms with Crippen LogP contribution in [0.5, 0.6) is 0 Å². The van der Waals surface area contributed by atoms with Gasteiger partial charge in [0.1, 0.15) is 5.82 Å². The fourth-order valence-corrected chi connectivity index (χ4v) is 8.29. The van der Waals surface area contributed by atoms with Crippen molar-refractivity contribution < 1.29 is 14.4 Å². The molecule has 1 unspecified atom stereocenters. The maximum absolute atomic E-state index is 14.0. The fraction of sp³-hybridized carbons (Fsp3) is 0.406. The third-order valence-electron chi connectivity index (χ3n) is 9.42. The molecule has 3 aliphatic rings. The van der Waals surface area contributed by atoms with Crippen LogP contribution < -0.4 is 11.1 Å². The Morgan fingerprint density at radius 1 is 1.14 bits per heavy atom. The zero-order valence-electron chi connectivity index (χ0n) is 24.2. The molecule has 2 saturated heterocycles. The molecular weight excluding hydrogens is 559 g/mol. The number of rotatable bonds is 8. The standard InChI is InChI=1S/C32H35BN6O3S/c1-19-35-23-15-21(16-24(23)36-19)17-25(28(40)30-38-22-9-5-6-10-27(22)43-30)37-29(41)26-11-13-33-14-12-32(34,31(42)39(26)33)18-20-7-3-2-4-8-20/h2-10,21,25-26H,11-18,34H2,1H3,(H,35,36)(H,37,41)/t25-,26-,32+/m0/s1. The number of fused-ring (bicyclic) bond motifs is 3. The summed E-state index contributed by atoms with van der Waals surface area (Å²) >= 11 is 1.35. The predicted octanol–water partition coefficient (Wildman–Crippen LogP) is 3.74. The first-order valence-electron chi connectivity index (χ1n) is 15.2. The number of aryl methyl sites for hydroxylation is 1. The van der Waals surface area contributed by atoms with Gasteiger partial charge in [-0.1, -0.05) is 55.1 Å². The number of nitrogens with one attached hydrogen (secondary N) is 2. The number of para-hydroxylation sites is 1. The van der Waals surface area contributed by atoms with E-state index < -0.39 is 17.6 Å². The molecule has 0 radical (unpaired) electrons. The second-order valence-electron chi connectivity index (χ2n) is 12.5. The Morgan fingerprint density at radius 3 is 2.72 bits per heavy atom. The van der Waals surface area contributed by atoms with Crippen LogP contribution in [0.3, 0.4) is 0 Å². The highest BCUT2D eigenvalue weighted by Crippen LogP contribution is 2.37. The first-order chi connectivity index (χ1) is 20.8. The van der Waals surface area contributed by atoms with E-state index in [0.717, 1.165) is 58.5 Å². The largest absolute Gasteiger partial charge is 0.374 e. The van der Waals surface area contributed by atoms with Crippen LogP contribution in [-0.2, 0) is 28.9 Å². The van der Waals surface area contributed by atoms with Crippen LogP contribution in [0, 0.1) is 12.8 Å². The summed E-state index contributed by atoms with van der Waals surface area (Å²) in [5, 5.41) is 3.49. The lowest BCUT2D eigenvalue weighted by Crippen LogP contribution is -2.66. The number of carbonyl (C=O) groups excluding carboxylic acids is 3. The van der Waals surface area contributed by atoms with E-state index in [9.17, 15) is 14.4 Å². The van der Waals surface area contributed by atoms with Gasteiger partial charge in [-0.2, -0.15) is 0 Å². The van der Waals surface area contributed by atoms with E-state index in [1.807, 2.05) is 61.5 Å². The van der Waals surface area contributed by atoms with Gasteiger partial charge in [0.25, 0.3) is 6.85 Å². The molecule has 4 heterocycles. The van der Waals surface area contributed by atoms with Crippen molar-refractivity contribution >= 4 is 46.0 Å². The van der Waals surface area contributed by atoms with E-state index in [4.69, 9.17) is 5.73 Å². The Morgan fingerprint density at radius 2 is 1.93 bits per heavy atom. The van der Waals surface area contributed by atoms with Crippen molar-refractivity contribution in [2.75, 3.05) is 0 Å². The summed E-state index contributed by atoms with van der Waals surface area (Å²) in [5.41, 5.74) is 9.64. The minimum absolute atomic E-state index is 0.0108. The van der Waals surface area contributed by atoms with Crippen LogP contribution in [0.2, 0.25) is 12.6 Å². The van der Waals surface area contributed by atoms with E-state index in [0.29, 0.717) is 30.7 Å². The zero-order chi connectivity index (χ0) is 29.7. The Kier molecular flexibility index (Phi) is 7.17. The molecule has 2 aromatic carbocycles. The lowest BCUT2D eigenvalue weighted by Gasteiger charge is -2.42. The molecule has 4 atom stereocenters. The van der Waals surface area contributed by atoms with Crippen LogP contribution in [0.4, 0.5) is 0 Å². The van der Waals surface area contributed by atoms with Gasteiger partial charge in [-0.15, -0.1) is 11.3 Å². The topological polar surface area (TPSA) is 134 Å². The summed E-state index contributed by atoms with van der Waals surface area (Å²) in [6.45, 7) is 1.93. The summed E-state index contributed by atoms with van der Waals surface area (Å²) in [6, 6.07) is 16.1. The molecule has 2 aliphatic heterocycles. The highest BCUT2D eigenvalue weighted by molar-refractivity contribution is 7.20. The average Bonchev–Trinajstić information content (AvgIpc) is 3.77. The average molecular weight is 595 g/mol. The second kappa shape index (κ2) is 11.0. The number of amides is 2. The maximum Gasteiger partial charge on any atom is 0.259 e. The number of thiazole rings is 1. The van der Waals surface area contributed by atoms with E-state index in [1.54, 1.807) is 4.81 Å². The first-order valence-corrected chi connectivity index (χ1v) is 16.0. The van der Waals surface area contributed by atoms with Crippen LogP contribution in [0.15, 0.2) is 54.6 Å². The minimum Gasteiger partial charge on any atom is -0.374 e. The Hall–Kier alpha value is -3.83. The molecule has 2 amide bonds. The van der Waals surface area contributed by atoms with Gasteiger partial charge in [-0.3, -0.25) is 14.4 Å². The van der Waals surface area contributed by atoms with E-state index in [-0.39, 0.29) is 30.4 Å². The van der Waals surface area contributed by atoms with Gasteiger partial charge in [0.2, 0.25) is 17.6 Å². The highest BCUT2D eigenvalue weighted by Gasteiger charge is 2.53. The zero-order valence-corrected chi connectivity index (χ0v) is 25.0. The van der Waals surface area contributed by atoms with Crippen molar-refractivity contribution in [1.29, 1.82) is 0 Å². The van der Waals surface area contributed by atoms with E-state index in [1.165, 1.54) is 11.3 Å². The van der Waals surface area contributed by atoms with Crippen LogP contribution in [0.1, 0.15) is 51.8 Å². The predicted molar refractivity (Wildman–Crippen MR) is 167 cm³/mol. The second-order valence-corrected chi connectivity index (χ2v) is 13.5. The molecule has 4 aromatic rings. The molecule has 4 N–H and O–H groups in total. The number of nitrogens with zero attached hydrogens (tertiary/aromatic N) is 3. The van der Waals surface area contributed by atoms with Crippen LogP contribution in [-0.4, -0.2) is 61.8 Å². The third-order valence-corrected chi connectivity index (χ3v) is 10.5. The molecule has 9 nitrogen and oxygen atoms in total. The molecule has 43 heavy (non-hydrogen) atoms. The number of imidazole rings is 1. The molecule has 0 spiro atoms. The van der Waals surface area contributed by atoms with E-state index in [2.05, 4.69) is 20.3 Å². The summed E-state index contributed by atoms with van der Waals surface area (Å²) in [6.07, 6.45) is 5.10. The number of benzene rings is 2. The molecular formula is C32H35BN6O3S. The van der Waals surface area contributed by atoms with Crippen molar-refractivity contribution in [2.45, 2.75) is 75.7 Å². The summed E-state index contributed by atoms with van der Waals surface area (Å²) in [4.78, 5) is 56.2. The molecule has 11 heteroatoms. The maximum atomic E-state index is 14.0. The lowest BCUT2D eigenvalue weighted by atomic mass is 9.51. The number of H-pyrrole nitrogens is 1. The third kappa shape index (κ3) is 5.29. The molecule has 220 valence electrons. The SMILES string of the molecule is Cc1nc2c([nH]1)CC(C[C@H](NC(=O)[C@@H]1CCB3CC[C@@](N)(Cc4ccccc4)C(=O)N31)C(=O)c1nc3ccccc3s1)C2. The van der Waals surface area contributed by atoms with Crippen LogP contribution in [0.25, 0.3) is 10.2 Å². The minimum atomic E-state index is -1.06. The van der Waals surface area contributed by atoms with Crippen LogP contribution >= 0.6 is 11.3 Å². The number of nitrogens with two attached hydrogens (primary N) is 1. The smallest absolute Gasteiger partial charge is 0.259 e. The number of aromatic nitrogens is 3. The molecule has 2 fully saturated rings. The summed E-state index contributed by atoms with van der Waals surface area (Å²) in [7, 11) is 0. The first kappa shape index (κ1) is 28.0. The number of aromatic amines is 1. The molecule has 2 aromatic heterocycles. The molecule has 0 bridgehead atoms. The lowest BCUT2D eigenvalue weighted by molar-refractivity contribution is -0.139. The van der Waals surface area contributed by atoms with Gasteiger partial charge in [-0.25, -0.2) is 9.97 Å². The molecule has 7 rings (SSSR count).